The number of rotatable bonds is 12. The Morgan fingerprint density at radius 2 is 2.11 bits per heavy atom. The van der Waals surface area contributed by atoms with Crippen LogP contribution in [0.25, 0.3) is 10.9 Å². The fraction of sp³-hybridized carbons (Fsp3) is 0.400. The topological polar surface area (TPSA) is 175 Å². The molecule has 7 N–H and O–H groups in total. The summed E-state index contributed by atoms with van der Waals surface area (Å²) < 4.78 is 14.4. The van der Waals surface area contributed by atoms with Gasteiger partial charge in [-0.25, -0.2) is 4.98 Å². The Balaban J connectivity index is 0.00000241. The number of aromatic nitrogens is 2. The molecule has 0 saturated carbocycles. The number of hydrogen-bond donors (Lipinski definition) is 3. The molecule has 11 nitrogen and oxygen atoms in total. The molecule has 1 aromatic carbocycles. The summed E-state index contributed by atoms with van der Waals surface area (Å²) in [6, 6.07) is 11.8. The van der Waals surface area contributed by atoms with E-state index in [0.29, 0.717) is 32.7 Å². The zero-order chi connectivity index (χ0) is 24.6. The summed E-state index contributed by atoms with van der Waals surface area (Å²) >= 11 is 3.03. The van der Waals surface area contributed by atoms with E-state index in [1.807, 2.05) is 30.3 Å². The number of nitrogens with zero attached hydrogens (tertiary/aromatic N) is 3. The van der Waals surface area contributed by atoms with Crippen LogP contribution < -0.4 is 9.46 Å². The number of likely N-dealkylation sites (N-methyl/N-ethyl adjacent to an activating group) is 1. The van der Waals surface area contributed by atoms with Gasteiger partial charge >= 0.3 is 0 Å². The van der Waals surface area contributed by atoms with E-state index in [1.165, 1.54) is 11.9 Å². The first-order chi connectivity index (χ1) is 17.1. The molecule has 0 saturated heterocycles. The quantitative estimate of drug-likeness (QED) is 0.221. The van der Waals surface area contributed by atoms with E-state index >= 15 is 0 Å². The molecule has 1 atom stereocenters. The molecule has 0 bridgehead atoms. The maximum atomic E-state index is 12.4. The Morgan fingerprint density at radius 1 is 1.29 bits per heavy atom. The number of benzene rings is 1. The summed E-state index contributed by atoms with van der Waals surface area (Å²) in [6.07, 6.45) is 2.15. The van der Waals surface area contributed by atoms with Crippen molar-refractivity contribution in [2.45, 2.75) is 24.1 Å². The normalized spacial score (nSPS) is 14.1. The Morgan fingerprint density at radius 3 is 2.82 bits per heavy atom. The maximum Gasteiger partial charge on any atom is 0.223 e. The number of H-pyrrole nitrogens is 1. The van der Waals surface area contributed by atoms with Gasteiger partial charge in [0, 0.05) is 62.0 Å². The van der Waals surface area contributed by atoms with Crippen LogP contribution in [0, 0.1) is 0 Å². The fourth-order valence-electron chi connectivity index (χ4n) is 3.55. The van der Waals surface area contributed by atoms with Crippen molar-refractivity contribution in [1.29, 1.82) is 0 Å². The number of aromatic amines is 1. The van der Waals surface area contributed by atoms with E-state index in [2.05, 4.69) is 20.8 Å². The first-order valence-corrected chi connectivity index (χ1v) is 13.0. The molecule has 0 fully saturated rings. The first kappa shape index (κ1) is 33.2. The van der Waals surface area contributed by atoms with Crippen LogP contribution >= 0.6 is 23.7 Å². The van der Waals surface area contributed by atoms with Crippen molar-refractivity contribution in [2.75, 3.05) is 51.8 Å². The zero-order valence-corrected chi connectivity index (χ0v) is 22.3. The number of aliphatic hydroxyl groups excluding tert-OH is 1. The lowest BCUT2D eigenvalue weighted by atomic mass is 10.2. The van der Waals surface area contributed by atoms with Crippen molar-refractivity contribution in [3.63, 3.8) is 0 Å². The molecule has 1 amide bonds. The van der Waals surface area contributed by atoms with Crippen molar-refractivity contribution in [3.8, 4) is 5.75 Å². The molecule has 0 radical (unpaired) electrons. The van der Waals surface area contributed by atoms with E-state index in [-0.39, 0.29) is 36.1 Å². The zero-order valence-electron chi connectivity index (χ0n) is 20.7. The number of carbonyl (C=O) groups is 1. The Hall–Kier alpha value is -2.81. The first-order valence-electron chi connectivity index (χ1n) is 11.3. The highest BCUT2D eigenvalue weighted by Gasteiger charge is 2.26. The number of nitrogens with one attached hydrogen (secondary N) is 2. The van der Waals surface area contributed by atoms with Crippen molar-refractivity contribution < 1.29 is 30.3 Å². The van der Waals surface area contributed by atoms with Crippen molar-refractivity contribution in [2.24, 2.45) is 4.99 Å². The van der Waals surface area contributed by atoms with Crippen molar-refractivity contribution >= 4 is 51.3 Å². The van der Waals surface area contributed by atoms with Gasteiger partial charge in [-0.15, -0.1) is 0 Å². The number of ether oxygens (including phenoxy) is 2. The number of hydrogen-bond acceptors (Lipinski definition) is 9. The second-order valence-electron chi connectivity index (χ2n) is 7.96. The van der Waals surface area contributed by atoms with E-state index in [9.17, 15) is 4.79 Å². The highest BCUT2D eigenvalue weighted by molar-refractivity contribution is 8.15. The molecule has 0 spiro atoms. The molecule has 4 rings (SSSR count). The molecule has 1 unspecified atom stereocenters. The monoisotopic (exact) mass is 567 g/mol. The molecule has 1 aliphatic rings. The molecule has 1 aliphatic heterocycles. The predicted octanol–water partition coefficient (Wildman–Crippen LogP) is 2.40. The molecule has 210 valence electrons. The third kappa shape index (κ3) is 8.61. The predicted molar refractivity (Wildman–Crippen MR) is 155 cm³/mol. The largest absolute Gasteiger partial charge is 0.491 e. The van der Waals surface area contributed by atoms with Gasteiger partial charge in [-0.3, -0.25) is 9.79 Å². The molecular weight excluding hydrogens is 530 g/mol. The van der Waals surface area contributed by atoms with Crippen LogP contribution in [-0.4, -0.2) is 94.2 Å². The van der Waals surface area contributed by atoms with Gasteiger partial charge in [0.05, 0.1) is 36.7 Å². The van der Waals surface area contributed by atoms with Crippen molar-refractivity contribution in [3.05, 3.63) is 48.3 Å². The Bertz CT molecular complexity index is 1180. The summed E-state index contributed by atoms with van der Waals surface area (Å²) in [4.78, 5) is 26.5. The number of fused-ring (bicyclic) bond motifs is 1. The molecule has 13 heteroatoms. The maximum absolute atomic E-state index is 12.4. The minimum atomic E-state index is -0.0387. The van der Waals surface area contributed by atoms with Gasteiger partial charge in [-0.2, -0.15) is 0 Å². The van der Waals surface area contributed by atoms with Gasteiger partial charge in [0.2, 0.25) is 5.91 Å². The van der Waals surface area contributed by atoms with Gasteiger partial charge in [0.15, 0.2) is 0 Å². The average Bonchev–Trinajstić information content (AvgIpc) is 3.50. The molecule has 38 heavy (non-hydrogen) atoms. The van der Waals surface area contributed by atoms with Crippen LogP contribution in [0.3, 0.4) is 0 Å². The molecule has 2 aromatic heterocycles. The average molecular weight is 568 g/mol. The summed E-state index contributed by atoms with van der Waals surface area (Å²) in [5, 5.41) is 11.9. The van der Waals surface area contributed by atoms with Crippen LogP contribution in [0.1, 0.15) is 19.5 Å². The second kappa shape index (κ2) is 16.2. The van der Waals surface area contributed by atoms with Crippen LogP contribution in [-0.2, 0) is 9.53 Å². The Kier molecular flexibility index (Phi) is 14.2. The summed E-state index contributed by atoms with van der Waals surface area (Å²) in [5.41, 5.74) is 2.72. The molecule has 3 heterocycles. The summed E-state index contributed by atoms with van der Waals surface area (Å²) in [6.45, 7) is 1.84. The van der Waals surface area contributed by atoms with E-state index < -0.39 is 0 Å². The number of amides is 1. The van der Waals surface area contributed by atoms with Crippen LogP contribution in [0.4, 0.5) is 5.69 Å². The van der Waals surface area contributed by atoms with E-state index in [4.69, 9.17) is 19.6 Å². The highest BCUT2D eigenvalue weighted by Crippen LogP contribution is 2.35. The Labute approximate surface area is 231 Å². The lowest BCUT2D eigenvalue weighted by Gasteiger charge is -2.17. The molecule has 0 aliphatic carbocycles. The number of thioether (sulfide) groups is 1. The van der Waals surface area contributed by atoms with E-state index in [0.717, 1.165) is 38.1 Å². The lowest BCUT2D eigenvalue weighted by Crippen LogP contribution is -2.31. The molecule has 3 aromatic rings. The second-order valence-corrected chi connectivity index (χ2v) is 10.1. The third-order valence-electron chi connectivity index (χ3n) is 5.37. The number of aliphatic imine (C=N–C) groups is 1. The number of anilines is 1. The van der Waals surface area contributed by atoms with Crippen LogP contribution in [0.5, 0.6) is 5.75 Å². The van der Waals surface area contributed by atoms with Crippen molar-refractivity contribution in [1.82, 2.24) is 14.9 Å². The fourth-order valence-corrected chi connectivity index (χ4v) is 5.26. The van der Waals surface area contributed by atoms with Crippen LogP contribution in [0.2, 0.25) is 0 Å². The lowest BCUT2D eigenvalue weighted by molar-refractivity contribution is -0.130. The van der Waals surface area contributed by atoms with Gasteiger partial charge in [0.25, 0.3) is 0 Å². The van der Waals surface area contributed by atoms with E-state index in [1.54, 1.807) is 37.0 Å². The molecular formula is C25H37N5O6S2. The SMILES string of the molecule is C.COCCOc1cc(NSc2ccccn2)c2[nH]c(C3=NCC(CC(=O)N(C)CCO)S3)cc2c1.O.O. The van der Waals surface area contributed by atoms with Gasteiger partial charge in [-0.1, -0.05) is 25.3 Å². The minimum absolute atomic E-state index is 0. The number of pyridine rings is 1. The van der Waals surface area contributed by atoms with Gasteiger partial charge in [0.1, 0.15) is 22.4 Å². The van der Waals surface area contributed by atoms with Crippen LogP contribution in [0.15, 0.2) is 52.6 Å². The summed E-state index contributed by atoms with van der Waals surface area (Å²) in [5.74, 6) is 0.751. The number of methoxy groups -OCH3 is 1. The minimum Gasteiger partial charge on any atom is -0.491 e. The van der Waals surface area contributed by atoms with Gasteiger partial charge < -0.3 is 40.1 Å². The van der Waals surface area contributed by atoms with Gasteiger partial charge in [-0.05, 0) is 24.3 Å². The smallest absolute Gasteiger partial charge is 0.223 e. The number of carbonyl (C=O) groups excluding carboxylic acids is 1. The standard InChI is InChI=1S/C24H29N5O4S2.CH4.2H2O/c1-29(7-8-30)22(31)14-18-15-26-24(34-18)20-12-16-11-17(33-10-9-32-2)13-19(23(16)27-20)28-35-21-5-3-4-6-25-21;;;/h3-6,11-13,18,27-28,30H,7-10,14-15H2,1-2H3;1H4;2*1H2. The number of aliphatic hydroxyl groups is 1. The summed E-state index contributed by atoms with van der Waals surface area (Å²) in [7, 11) is 3.36. The highest BCUT2D eigenvalue weighted by atomic mass is 32.2. The third-order valence-corrected chi connectivity index (χ3v) is 7.37.